The molecule has 1 saturated carbocycles. The van der Waals surface area contributed by atoms with Gasteiger partial charge in [0.05, 0.1) is 5.54 Å². The molecular weight excluding hydrogens is 216 g/mol. The Morgan fingerprint density at radius 2 is 2.24 bits per heavy atom. The minimum Gasteiger partial charge on any atom is -0.298 e. The molecule has 90 valence electrons. The predicted molar refractivity (Wildman–Crippen MR) is 63.1 cm³/mol. The SMILES string of the molecule is O=C1CC=CC=C1C1CCC(=O)C12CCNN2. The third kappa shape index (κ3) is 1.51. The number of Topliss-reactive ketones (excluding diaryl/α,β-unsaturated/α-hetero) is 2. The Hall–Kier alpha value is -1.26. The van der Waals surface area contributed by atoms with E-state index in [1.807, 2.05) is 18.2 Å². The number of carbonyl (C=O) groups is 2. The van der Waals surface area contributed by atoms with Gasteiger partial charge in [-0.25, -0.2) is 5.43 Å². The van der Waals surface area contributed by atoms with Gasteiger partial charge in [0, 0.05) is 30.9 Å². The summed E-state index contributed by atoms with van der Waals surface area (Å²) in [6.45, 7) is 0.791. The van der Waals surface area contributed by atoms with Crippen LogP contribution in [0, 0.1) is 5.92 Å². The third-order valence-corrected chi connectivity index (χ3v) is 4.12. The summed E-state index contributed by atoms with van der Waals surface area (Å²) >= 11 is 0. The van der Waals surface area contributed by atoms with Crippen molar-refractivity contribution in [3.8, 4) is 0 Å². The first kappa shape index (κ1) is 10.9. The maximum Gasteiger partial charge on any atom is 0.162 e. The van der Waals surface area contributed by atoms with E-state index in [0.717, 1.165) is 25.0 Å². The Morgan fingerprint density at radius 1 is 1.35 bits per heavy atom. The van der Waals surface area contributed by atoms with Crippen LogP contribution in [0.25, 0.3) is 0 Å². The Balaban J connectivity index is 1.97. The monoisotopic (exact) mass is 232 g/mol. The zero-order valence-electron chi connectivity index (χ0n) is 9.66. The highest BCUT2D eigenvalue weighted by Crippen LogP contribution is 2.42. The summed E-state index contributed by atoms with van der Waals surface area (Å²) in [5, 5.41) is 0. The van der Waals surface area contributed by atoms with Gasteiger partial charge in [-0.05, 0) is 12.8 Å². The summed E-state index contributed by atoms with van der Waals surface area (Å²) in [6.07, 6.45) is 8.31. The van der Waals surface area contributed by atoms with Crippen LogP contribution in [-0.4, -0.2) is 23.7 Å². The van der Waals surface area contributed by atoms with Gasteiger partial charge >= 0.3 is 0 Å². The van der Waals surface area contributed by atoms with Gasteiger partial charge in [-0.3, -0.25) is 15.0 Å². The molecule has 3 rings (SSSR count). The second kappa shape index (κ2) is 3.89. The number of nitrogens with one attached hydrogen (secondary N) is 2. The predicted octanol–water partition coefficient (Wildman–Crippen LogP) is 0.658. The lowest BCUT2D eigenvalue weighted by atomic mass is 9.77. The van der Waals surface area contributed by atoms with E-state index in [4.69, 9.17) is 0 Å². The van der Waals surface area contributed by atoms with Crippen LogP contribution in [0.5, 0.6) is 0 Å². The van der Waals surface area contributed by atoms with Crippen LogP contribution in [0.15, 0.2) is 23.8 Å². The normalized spacial score (nSPS) is 36.9. The first-order valence-corrected chi connectivity index (χ1v) is 6.17. The van der Waals surface area contributed by atoms with Crippen molar-refractivity contribution in [1.29, 1.82) is 0 Å². The standard InChI is InChI=1S/C13H16N2O2/c16-11-4-2-1-3-9(11)10-5-6-12(17)13(10)7-8-14-15-13/h1-3,10,14-15H,4-8H2. The molecule has 1 spiro atoms. The maximum atomic E-state index is 12.1. The molecule has 0 bridgehead atoms. The fourth-order valence-electron chi connectivity index (χ4n) is 3.24. The molecule has 0 aromatic heterocycles. The second-order valence-corrected chi connectivity index (χ2v) is 4.97. The number of rotatable bonds is 1. The number of carbonyl (C=O) groups excluding carboxylic acids is 2. The molecule has 4 heteroatoms. The van der Waals surface area contributed by atoms with Crippen molar-refractivity contribution < 1.29 is 9.59 Å². The topological polar surface area (TPSA) is 58.2 Å². The number of ketones is 2. The smallest absolute Gasteiger partial charge is 0.162 e. The Bertz CT molecular complexity index is 431. The molecule has 4 nitrogen and oxygen atoms in total. The lowest BCUT2D eigenvalue weighted by Crippen LogP contribution is -2.52. The number of hydrogen-bond acceptors (Lipinski definition) is 4. The molecule has 2 aliphatic carbocycles. The second-order valence-electron chi connectivity index (χ2n) is 4.97. The van der Waals surface area contributed by atoms with E-state index >= 15 is 0 Å². The first-order chi connectivity index (χ1) is 8.24. The number of hydrazine groups is 1. The van der Waals surface area contributed by atoms with E-state index in [1.54, 1.807) is 0 Å². The van der Waals surface area contributed by atoms with E-state index in [9.17, 15) is 9.59 Å². The molecule has 1 saturated heterocycles. The summed E-state index contributed by atoms with van der Waals surface area (Å²) in [4.78, 5) is 24.0. The van der Waals surface area contributed by atoms with Gasteiger partial charge in [0.1, 0.15) is 0 Å². The fraction of sp³-hybridized carbons (Fsp3) is 0.538. The van der Waals surface area contributed by atoms with Crippen LogP contribution in [0.1, 0.15) is 25.7 Å². The number of hydrogen-bond donors (Lipinski definition) is 2. The molecule has 1 aliphatic heterocycles. The molecule has 2 unspecified atom stereocenters. The van der Waals surface area contributed by atoms with E-state index in [0.29, 0.717) is 12.8 Å². The van der Waals surface area contributed by atoms with Crippen LogP contribution < -0.4 is 10.9 Å². The van der Waals surface area contributed by atoms with Crippen LogP contribution in [0.3, 0.4) is 0 Å². The van der Waals surface area contributed by atoms with E-state index in [-0.39, 0.29) is 17.5 Å². The molecule has 0 amide bonds. The van der Waals surface area contributed by atoms with Gasteiger partial charge in [0.2, 0.25) is 0 Å². The molecule has 3 aliphatic rings. The Morgan fingerprint density at radius 3 is 2.94 bits per heavy atom. The Labute approximate surface area is 100 Å². The van der Waals surface area contributed by atoms with Crippen LogP contribution >= 0.6 is 0 Å². The molecule has 0 radical (unpaired) electrons. The summed E-state index contributed by atoms with van der Waals surface area (Å²) < 4.78 is 0. The van der Waals surface area contributed by atoms with E-state index < -0.39 is 5.54 Å². The van der Waals surface area contributed by atoms with Gasteiger partial charge in [-0.2, -0.15) is 0 Å². The van der Waals surface area contributed by atoms with Gasteiger partial charge in [0.15, 0.2) is 11.6 Å². The summed E-state index contributed by atoms with van der Waals surface area (Å²) in [6, 6.07) is 0. The molecule has 2 N–H and O–H groups in total. The Kier molecular flexibility index (Phi) is 2.49. The van der Waals surface area contributed by atoms with Crippen molar-refractivity contribution in [2.24, 2.45) is 5.92 Å². The minimum absolute atomic E-state index is 0.0439. The van der Waals surface area contributed by atoms with Crippen molar-refractivity contribution in [2.75, 3.05) is 6.54 Å². The van der Waals surface area contributed by atoms with E-state index in [1.165, 1.54) is 0 Å². The fourth-order valence-corrected chi connectivity index (χ4v) is 3.24. The average molecular weight is 232 g/mol. The van der Waals surface area contributed by atoms with Gasteiger partial charge in [-0.1, -0.05) is 18.2 Å². The maximum absolute atomic E-state index is 12.1. The van der Waals surface area contributed by atoms with Crippen molar-refractivity contribution in [2.45, 2.75) is 31.2 Å². The molecule has 2 fully saturated rings. The summed E-state index contributed by atoms with van der Waals surface area (Å²) in [5.41, 5.74) is 6.48. The van der Waals surface area contributed by atoms with Crippen molar-refractivity contribution in [1.82, 2.24) is 10.9 Å². The van der Waals surface area contributed by atoms with Gasteiger partial charge in [-0.15, -0.1) is 0 Å². The van der Waals surface area contributed by atoms with Crippen LogP contribution in [0.2, 0.25) is 0 Å². The zero-order chi connectivity index (χ0) is 11.9. The molecule has 2 atom stereocenters. The quantitative estimate of drug-likeness (QED) is 0.697. The highest BCUT2D eigenvalue weighted by Gasteiger charge is 2.53. The lowest BCUT2D eigenvalue weighted by molar-refractivity contribution is -0.123. The summed E-state index contributed by atoms with van der Waals surface area (Å²) in [7, 11) is 0. The van der Waals surface area contributed by atoms with Gasteiger partial charge < -0.3 is 0 Å². The minimum atomic E-state index is -0.521. The van der Waals surface area contributed by atoms with Crippen molar-refractivity contribution >= 4 is 11.6 Å². The number of allylic oxidation sites excluding steroid dienone is 3. The molecular formula is C13H16N2O2. The first-order valence-electron chi connectivity index (χ1n) is 6.17. The average Bonchev–Trinajstić information content (AvgIpc) is 2.92. The van der Waals surface area contributed by atoms with Gasteiger partial charge in [0.25, 0.3) is 0 Å². The summed E-state index contributed by atoms with van der Waals surface area (Å²) in [5.74, 6) is 0.457. The van der Waals surface area contributed by atoms with Crippen LogP contribution in [0.4, 0.5) is 0 Å². The zero-order valence-corrected chi connectivity index (χ0v) is 9.66. The van der Waals surface area contributed by atoms with Crippen molar-refractivity contribution in [3.05, 3.63) is 23.8 Å². The largest absolute Gasteiger partial charge is 0.298 e. The van der Waals surface area contributed by atoms with E-state index in [2.05, 4.69) is 10.9 Å². The van der Waals surface area contributed by atoms with Crippen LogP contribution in [-0.2, 0) is 9.59 Å². The molecule has 17 heavy (non-hydrogen) atoms. The molecule has 0 aromatic carbocycles. The van der Waals surface area contributed by atoms with Crippen molar-refractivity contribution in [3.63, 3.8) is 0 Å². The third-order valence-electron chi connectivity index (χ3n) is 4.12. The lowest BCUT2D eigenvalue weighted by Gasteiger charge is -2.31. The highest BCUT2D eigenvalue weighted by molar-refractivity contribution is 6.01. The molecule has 1 heterocycles. The molecule has 0 aromatic rings. The highest BCUT2D eigenvalue weighted by atomic mass is 16.1.